The van der Waals surface area contributed by atoms with Gasteiger partial charge in [0.05, 0.1) is 9.82 Å². The van der Waals surface area contributed by atoms with E-state index in [1.807, 2.05) is 30.3 Å². The second-order valence-corrected chi connectivity index (χ2v) is 8.40. The number of hydrogen-bond donors (Lipinski definition) is 0. The fourth-order valence-corrected chi connectivity index (χ4v) is 4.21. The quantitative estimate of drug-likeness (QED) is 0.237. The first-order chi connectivity index (χ1) is 16.2. The van der Waals surface area contributed by atoms with Crippen molar-refractivity contribution in [3.05, 3.63) is 69.8 Å². The van der Waals surface area contributed by atoms with Crippen LogP contribution in [-0.4, -0.2) is 61.4 Å². The fraction of sp³-hybridized carbons (Fsp3) is 0.136. The molecule has 11 nitrogen and oxygen atoms in total. The number of nitro benzene ring substituents is 1. The topological polar surface area (TPSA) is 132 Å². The number of imide groups is 2. The first-order valence-electron chi connectivity index (χ1n) is 9.92. The van der Waals surface area contributed by atoms with Gasteiger partial charge in [-0.25, -0.2) is 4.79 Å². The van der Waals surface area contributed by atoms with Crippen molar-refractivity contribution < 1.29 is 19.3 Å². The largest absolute Gasteiger partial charge is 0.333 e. The number of aromatic nitrogens is 3. The summed E-state index contributed by atoms with van der Waals surface area (Å²) in [7, 11) is 4.28. The highest BCUT2D eigenvalue weighted by Gasteiger charge is 2.37. The first kappa shape index (κ1) is 22.9. The summed E-state index contributed by atoms with van der Waals surface area (Å²) in [6.45, 7) is 0. The van der Waals surface area contributed by atoms with Gasteiger partial charge in [-0.3, -0.25) is 29.5 Å². The smallest absolute Gasteiger partial charge is 0.305 e. The maximum atomic E-state index is 12.4. The average molecular weight is 478 g/mol. The maximum absolute atomic E-state index is 12.4. The van der Waals surface area contributed by atoms with Crippen LogP contribution >= 0.6 is 11.8 Å². The Morgan fingerprint density at radius 3 is 2.21 bits per heavy atom. The van der Waals surface area contributed by atoms with E-state index >= 15 is 0 Å². The lowest BCUT2D eigenvalue weighted by Crippen LogP contribution is -2.52. The van der Waals surface area contributed by atoms with Gasteiger partial charge in [-0.1, -0.05) is 36.4 Å². The van der Waals surface area contributed by atoms with Gasteiger partial charge < -0.3 is 4.57 Å². The molecule has 1 aromatic heterocycles. The fourth-order valence-electron chi connectivity index (χ4n) is 3.34. The van der Waals surface area contributed by atoms with Crippen molar-refractivity contribution >= 4 is 41.4 Å². The molecule has 1 aliphatic rings. The van der Waals surface area contributed by atoms with E-state index < -0.39 is 22.8 Å². The van der Waals surface area contributed by atoms with Crippen molar-refractivity contribution in [2.75, 3.05) is 14.1 Å². The highest BCUT2D eigenvalue weighted by atomic mass is 32.2. The Morgan fingerprint density at radius 2 is 1.59 bits per heavy atom. The number of nitrogens with zero attached hydrogens (tertiary/aromatic N) is 6. The van der Waals surface area contributed by atoms with Gasteiger partial charge in [-0.15, -0.1) is 10.2 Å². The van der Waals surface area contributed by atoms with Gasteiger partial charge in [-0.2, -0.15) is 0 Å². The molecule has 4 amide bonds. The number of benzene rings is 2. The molecular formula is C22H18N6O5S. The SMILES string of the molecule is CN1C(=O)C(=Cc2ccc(Sc3nnc(-c4ccccc4)n3C)c([N+](=O)[O-])c2)C(=O)N(C)C1=O. The van der Waals surface area contributed by atoms with E-state index in [1.54, 1.807) is 17.7 Å². The zero-order chi connectivity index (χ0) is 24.6. The standard InChI is InChI=1S/C22H18N6O5S/c1-25-18(14-7-5-4-6-8-14)23-24-21(25)34-17-10-9-13(12-16(17)28(32)33)11-15-19(29)26(2)22(31)27(3)20(15)30/h4-12H,1-3H3. The zero-order valence-corrected chi connectivity index (χ0v) is 19.1. The highest BCUT2D eigenvalue weighted by Crippen LogP contribution is 2.36. The molecule has 172 valence electrons. The van der Waals surface area contributed by atoms with Crippen molar-refractivity contribution in [3.8, 4) is 11.4 Å². The van der Waals surface area contributed by atoms with Crippen LogP contribution in [-0.2, 0) is 16.6 Å². The molecule has 0 aliphatic carbocycles. The molecule has 0 saturated carbocycles. The molecule has 1 aliphatic heterocycles. The van der Waals surface area contributed by atoms with Gasteiger partial charge >= 0.3 is 6.03 Å². The van der Waals surface area contributed by atoms with Crippen LogP contribution in [0.4, 0.5) is 10.5 Å². The third-order valence-corrected chi connectivity index (χ3v) is 6.31. The predicted molar refractivity (Wildman–Crippen MR) is 123 cm³/mol. The molecule has 1 fully saturated rings. The lowest BCUT2D eigenvalue weighted by molar-refractivity contribution is -0.387. The Hall–Kier alpha value is -4.32. The number of carbonyl (C=O) groups is 3. The first-order valence-corrected chi connectivity index (χ1v) is 10.7. The molecule has 0 radical (unpaired) electrons. The van der Waals surface area contributed by atoms with Crippen LogP contribution in [0.15, 0.2) is 64.2 Å². The molecule has 1 saturated heterocycles. The minimum absolute atomic E-state index is 0.225. The zero-order valence-electron chi connectivity index (χ0n) is 18.3. The molecule has 0 atom stereocenters. The van der Waals surface area contributed by atoms with E-state index in [1.165, 1.54) is 32.3 Å². The van der Waals surface area contributed by atoms with Crippen LogP contribution in [0, 0.1) is 10.1 Å². The third kappa shape index (κ3) is 4.06. The number of barbiturate groups is 1. The van der Waals surface area contributed by atoms with Crippen molar-refractivity contribution in [1.82, 2.24) is 24.6 Å². The van der Waals surface area contributed by atoms with Crippen molar-refractivity contribution in [3.63, 3.8) is 0 Å². The lowest BCUT2D eigenvalue weighted by atomic mass is 10.1. The summed E-state index contributed by atoms with van der Waals surface area (Å²) in [5, 5.41) is 20.6. The third-order valence-electron chi connectivity index (χ3n) is 5.20. The summed E-state index contributed by atoms with van der Waals surface area (Å²) < 4.78 is 1.74. The molecule has 0 unspecified atom stereocenters. The molecule has 4 rings (SSSR count). The normalized spacial score (nSPS) is 14.1. The number of amides is 4. The molecule has 12 heteroatoms. The van der Waals surface area contributed by atoms with E-state index in [2.05, 4.69) is 10.2 Å². The maximum Gasteiger partial charge on any atom is 0.333 e. The Morgan fingerprint density at radius 1 is 0.941 bits per heavy atom. The molecule has 34 heavy (non-hydrogen) atoms. The molecular weight excluding hydrogens is 460 g/mol. The van der Waals surface area contributed by atoms with Gasteiger partial charge in [0, 0.05) is 32.8 Å². The van der Waals surface area contributed by atoms with Crippen molar-refractivity contribution in [2.24, 2.45) is 7.05 Å². The molecule has 2 aromatic carbocycles. The van der Waals surface area contributed by atoms with Gasteiger partial charge in [0.1, 0.15) is 5.57 Å². The van der Waals surface area contributed by atoms with Crippen molar-refractivity contribution in [2.45, 2.75) is 10.1 Å². The summed E-state index contributed by atoms with van der Waals surface area (Å²) in [6, 6.07) is 13.0. The van der Waals surface area contributed by atoms with Crippen LogP contribution < -0.4 is 0 Å². The van der Waals surface area contributed by atoms with E-state index in [0.717, 1.165) is 27.1 Å². The van der Waals surface area contributed by atoms with Crippen LogP contribution in [0.5, 0.6) is 0 Å². The van der Waals surface area contributed by atoms with E-state index in [-0.39, 0.29) is 16.8 Å². The Kier molecular flexibility index (Phi) is 5.99. The number of likely N-dealkylation sites (N-methyl/N-ethyl adjacent to an activating group) is 2. The van der Waals surface area contributed by atoms with Crippen LogP contribution in [0.1, 0.15) is 5.56 Å². The monoisotopic (exact) mass is 478 g/mol. The average Bonchev–Trinajstić information content (AvgIpc) is 3.20. The Balaban J connectivity index is 1.67. The number of urea groups is 1. The number of hydrogen-bond acceptors (Lipinski definition) is 8. The van der Waals surface area contributed by atoms with Crippen LogP contribution in [0.3, 0.4) is 0 Å². The minimum Gasteiger partial charge on any atom is -0.305 e. The minimum atomic E-state index is -0.776. The number of nitro groups is 1. The van der Waals surface area contributed by atoms with E-state index in [4.69, 9.17) is 0 Å². The number of carbonyl (C=O) groups excluding carboxylic acids is 3. The van der Waals surface area contributed by atoms with Gasteiger partial charge in [-0.05, 0) is 29.5 Å². The summed E-state index contributed by atoms with van der Waals surface area (Å²) in [5.41, 5.74) is 0.639. The van der Waals surface area contributed by atoms with Gasteiger partial charge in [0.2, 0.25) is 0 Å². The summed E-state index contributed by atoms with van der Waals surface area (Å²) in [6.07, 6.45) is 1.24. The highest BCUT2D eigenvalue weighted by molar-refractivity contribution is 7.99. The van der Waals surface area contributed by atoms with Crippen LogP contribution in [0.2, 0.25) is 0 Å². The summed E-state index contributed by atoms with van der Waals surface area (Å²) >= 11 is 1.07. The second kappa shape index (κ2) is 8.90. The Labute approximate surface area is 197 Å². The molecule has 0 N–H and O–H groups in total. The van der Waals surface area contributed by atoms with Crippen molar-refractivity contribution in [1.29, 1.82) is 0 Å². The van der Waals surface area contributed by atoms with E-state index in [9.17, 15) is 24.5 Å². The van der Waals surface area contributed by atoms with Gasteiger partial charge in [0.15, 0.2) is 11.0 Å². The Bertz CT molecular complexity index is 1340. The van der Waals surface area contributed by atoms with E-state index in [0.29, 0.717) is 15.9 Å². The number of rotatable bonds is 5. The lowest BCUT2D eigenvalue weighted by Gasteiger charge is -2.28. The predicted octanol–water partition coefficient (Wildman–Crippen LogP) is 2.98. The summed E-state index contributed by atoms with van der Waals surface area (Å²) in [4.78, 5) is 49.9. The molecule has 0 bridgehead atoms. The molecule has 0 spiro atoms. The molecule has 2 heterocycles. The molecule has 3 aromatic rings. The van der Waals surface area contributed by atoms with Crippen LogP contribution in [0.25, 0.3) is 17.5 Å². The summed E-state index contributed by atoms with van der Waals surface area (Å²) in [5.74, 6) is -0.937. The van der Waals surface area contributed by atoms with Gasteiger partial charge in [0.25, 0.3) is 17.5 Å². The second-order valence-electron chi connectivity index (χ2n) is 7.39.